The van der Waals surface area contributed by atoms with Crippen molar-refractivity contribution in [2.45, 2.75) is 51.7 Å². The molecule has 2 amide bonds. The number of hydrogen-bond acceptors (Lipinski definition) is 6. The third-order valence-corrected chi connectivity index (χ3v) is 4.71. The van der Waals surface area contributed by atoms with Crippen molar-refractivity contribution >= 4 is 46.9 Å². The van der Waals surface area contributed by atoms with Gasteiger partial charge in [0.25, 0.3) is 0 Å². The third-order valence-electron chi connectivity index (χ3n) is 4.27. The molecule has 0 spiro atoms. The Bertz CT molecular complexity index is 800. The number of rotatable bonds is 11. The molecule has 0 aliphatic carbocycles. The van der Waals surface area contributed by atoms with Crippen LogP contribution < -0.4 is 16.9 Å². The fraction of sp³-hybridized carbons (Fsp3) is 0.474. The van der Waals surface area contributed by atoms with Gasteiger partial charge in [0.2, 0.25) is 11.8 Å². The van der Waals surface area contributed by atoms with Crippen molar-refractivity contribution in [1.29, 1.82) is 5.41 Å². The molecule has 1 aromatic rings. The number of aliphatic carboxylic acids is 1. The molecule has 10 nitrogen and oxygen atoms in total. The molecule has 0 fully saturated rings. The number of carboxylic acids is 1. The summed E-state index contributed by atoms with van der Waals surface area (Å²) in [6.07, 6.45) is -0.205. The third kappa shape index (κ3) is 9.09. The number of hydrogen-bond donors (Lipinski definition) is 5. The number of guanidine groups is 1. The van der Waals surface area contributed by atoms with E-state index in [2.05, 4.69) is 5.43 Å². The van der Waals surface area contributed by atoms with Crippen LogP contribution in [0.2, 0.25) is 10.0 Å². The number of nitrogens with one attached hydrogen (secondary N) is 2. The molecule has 0 aliphatic heterocycles. The number of carboxylic acid groups (broad SMARTS) is 1. The molecule has 1 unspecified atom stereocenters. The van der Waals surface area contributed by atoms with E-state index in [9.17, 15) is 14.4 Å². The number of halogens is 2. The normalized spacial score (nSPS) is 11.8. The number of nitrogens with zero attached hydrogens (tertiary/aromatic N) is 2. The van der Waals surface area contributed by atoms with Gasteiger partial charge in [-0.15, -0.1) is 0 Å². The average molecular weight is 475 g/mol. The van der Waals surface area contributed by atoms with Crippen LogP contribution in [-0.4, -0.2) is 57.4 Å². The van der Waals surface area contributed by atoms with E-state index in [-0.39, 0.29) is 32.0 Å². The molecule has 0 saturated carbocycles. The molecule has 12 heteroatoms. The standard InChI is InChI=1S/C19H28Cl2N6O4/c1-11(2)27(25-10-12-6-13(20)8-14(21)7-12)17(29)9-16(28)26(19(23)24)5-3-4-15(22)18(30)31/h6-8,11,15,25H,3-5,9-10,22H2,1-2H3,(H3,23,24)(H,30,31). The Labute approximate surface area is 190 Å². The Morgan fingerprint density at radius 1 is 1.16 bits per heavy atom. The van der Waals surface area contributed by atoms with Gasteiger partial charge in [-0.3, -0.25) is 29.7 Å². The lowest BCUT2D eigenvalue weighted by Gasteiger charge is -2.28. The molecule has 1 rings (SSSR count). The van der Waals surface area contributed by atoms with Crippen LogP contribution in [-0.2, 0) is 20.9 Å². The van der Waals surface area contributed by atoms with Crippen molar-refractivity contribution in [2.24, 2.45) is 11.5 Å². The van der Waals surface area contributed by atoms with Crippen molar-refractivity contribution in [3.63, 3.8) is 0 Å². The van der Waals surface area contributed by atoms with E-state index in [1.165, 1.54) is 5.01 Å². The van der Waals surface area contributed by atoms with Crippen LogP contribution in [0.4, 0.5) is 0 Å². The number of carbonyl (C=O) groups excluding carboxylic acids is 2. The molecule has 1 aromatic carbocycles. The molecular formula is C19H28Cl2N6O4. The topological polar surface area (TPSA) is 166 Å². The van der Waals surface area contributed by atoms with Crippen LogP contribution in [0.5, 0.6) is 0 Å². The maximum absolute atomic E-state index is 12.7. The first-order valence-corrected chi connectivity index (χ1v) is 10.3. The Balaban J connectivity index is 2.73. The zero-order valence-corrected chi connectivity index (χ0v) is 18.9. The second-order valence-corrected chi connectivity index (χ2v) is 8.04. The van der Waals surface area contributed by atoms with Crippen LogP contribution in [0.3, 0.4) is 0 Å². The van der Waals surface area contributed by atoms with E-state index in [4.69, 9.17) is 45.2 Å². The summed E-state index contributed by atoms with van der Waals surface area (Å²) in [7, 11) is 0. The quantitative estimate of drug-likeness (QED) is 0.140. The summed E-state index contributed by atoms with van der Waals surface area (Å²) < 4.78 is 0. The first-order valence-electron chi connectivity index (χ1n) is 9.55. The van der Waals surface area contributed by atoms with Gasteiger partial charge in [-0.1, -0.05) is 23.2 Å². The first kappa shape index (κ1) is 26.6. The van der Waals surface area contributed by atoms with E-state index in [1.54, 1.807) is 32.0 Å². The number of benzene rings is 1. The van der Waals surface area contributed by atoms with Gasteiger partial charge < -0.3 is 16.6 Å². The molecular weight excluding hydrogens is 447 g/mol. The lowest BCUT2D eigenvalue weighted by Crippen LogP contribution is -2.50. The molecule has 31 heavy (non-hydrogen) atoms. The Hall–Kier alpha value is -2.40. The smallest absolute Gasteiger partial charge is 0.320 e. The minimum absolute atomic E-state index is 0.0153. The van der Waals surface area contributed by atoms with Gasteiger partial charge in [-0.2, -0.15) is 0 Å². The van der Waals surface area contributed by atoms with Crippen molar-refractivity contribution < 1.29 is 19.5 Å². The Morgan fingerprint density at radius 2 is 1.74 bits per heavy atom. The van der Waals surface area contributed by atoms with Crippen LogP contribution >= 0.6 is 23.2 Å². The Kier molecular flexibility index (Phi) is 10.7. The molecule has 1 atom stereocenters. The summed E-state index contributed by atoms with van der Waals surface area (Å²) in [4.78, 5) is 37.0. The maximum Gasteiger partial charge on any atom is 0.320 e. The molecule has 172 valence electrons. The predicted octanol–water partition coefficient (Wildman–Crippen LogP) is 1.54. The molecule has 7 N–H and O–H groups in total. The monoisotopic (exact) mass is 474 g/mol. The van der Waals surface area contributed by atoms with Gasteiger partial charge in [0.15, 0.2) is 5.96 Å². The van der Waals surface area contributed by atoms with Gasteiger partial charge in [-0.05, 0) is 50.5 Å². The molecule has 0 heterocycles. The van der Waals surface area contributed by atoms with E-state index in [0.29, 0.717) is 10.0 Å². The van der Waals surface area contributed by atoms with Crippen molar-refractivity contribution in [3.8, 4) is 0 Å². The lowest BCUT2D eigenvalue weighted by atomic mass is 10.1. The molecule has 0 bridgehead atoms. The van der Waals surface area contributed by atoms with Gasteiger partial charge >= 0.3 is 5.97 Å². The highest BCUT2D eigenvalue weighted by Crippen LogP contribution is 2.19. The predicted molar refractivity (Wildman–Crippen MR) is 118 cm³/mol. The molecule has 0 aromatic heterocycles. The zero-order chi connectivity index (χ0) is 23.7. The van der Waals surface area contributed by atoms with E-state index >= 15 is 0 Å². The van der Waals surface area contributed by atoms with Crippen molar-refractivity contribution in [2.75, 3.05) is 6.54 Å². The Morgan fingerprint density at radius 3 is 2.23 bits per heavy atom. The highest BCUT2D eigenvalue weighted by Gasteiger charge is 2.25. The van der Waals surface area contributed by atoms with Crippen LogP contribution in [0.1, 0.15) is 38.7 Å². The fourth-order valence-electron chi connectivity index (χ4n) is 2.73. The molecule has 0 saturated heterocycles. The first-order chi connectivity index (χ1) is 14.4. The summed E-state index contributed by atoms with van der Waals surface area (Å²) in [5.74, 6) is -2.86. The number of amides is 2. The molecule has 0 aliphatic rings. The summed E-state index contributed by atoms with van der Waals surface area (Å²) in [6, 6.07) is 3.65. The van der Waals surface area contributed by atoms with Gasteiger partial charge in [-0.25, -0.2) is 5.43 Å². The van der Waals surface area contributed by atoms with Crippen molar-refractivity contribution in [3.05, 3.63) is 33.8 Å². The number of nitrogens with two attached hydrogens (primary N) is 2. The number of hydrazine groups is 1. The summed E-state index contributed by atoms with van der Waals surface area (Å²) in [5.41, 5.74) is 14.6. The van der Waals surface area contributed by atoms with Gasteiger partial charge in [0.1, 0.15) is 12.5 Å². The van der Waals surface area contributed by atoms with Crippen LogP contribution in [0.15, 0.2) is 18.2 Å². The maximum atomic E-state index is 12.7. The molecule has 0 radical (unpaired) electrons. The second kappa shape index (κ2) is 12.5. The minimum Gasteiger partial charge on any atom is -0.480 e. The average Bonchev–Trinajstić information content (AvgIpc) is 2.63. The van der Waals surface area contributed by atoms with E-state index in [1.807, 2.05) is 0 Å². The second-order valence-electron chi connectivity index (χ2n) is 7.16. The zero-order valence-electron chi connectivity index (χ0n) is 17.4. The lowest BCUT2D eigenvalue weighted by molar-refractivity contribution is -0.142. The van der Waals surface area contributed by atoms with Crippen molar-refractivity contribution in [1.82, 2.24) is 15.3 Å². The highest BCUT2D eigenvalue weighted by atomic mass is 35.5. The van der Waals surface area contributed by atoms with Gasteiger partial charge in [0, 0.05) is 29.2 Å². The fourth-order valence-corrected chi connectivity index (χ4v) is 3.30. The van der Waals surface area contributed by atoms with Gasteiger partial charge in [0.05, 0.1) is 0 Å². The van der Waals surface area contributed by atoms with E-state index < -0.39 is 36.2 Å². The summed E-state index contributed by atoms with van der Waals surface area (Å²) in [5, 5.41) is 18.6. The van der Waals surface area contributed by atoms with Crippen LogP contribution in [0, 0.1) is 5.41 Å². The summed E-state index contributed by atoms with van der Waals surface area (Å²) in [6.45, 7) is 3.78. The minimum atomic E-state index is -1.16. The summed E-state index contributed by atoms with van der Waals surface area (Å²) >= 11 is 12.0. The highest BCUT2D eigenvalue weighted by molar-refractivity contribution is 6.34. The van der Waals surface area contributed by atoms with E-state index in [0.717, 1.165) is 10.5 Å². The van der Waals surface area contributed by atoms with Crippen LogP contribution in [0.25, 0.3) is 0 Å². The number of carbonyl (C=O) groups is 3. The SMILES string of the molecule is CC(C)N(NCc1cc(Cl)cc(Cl)c1)C(=O)CC(=O)N(CCCC(N)C(=O)O)C(=N)N. The largest absolute Gasteiger partial charge is 0.480 e.